The Balaban J connectivity index is 1.96. The number of nitrogens with one attached hydrogen (secondary N) is 1. The van der Waals surface area contributed by atoms with Crippen LogP contribution < -0.4 is 11.3 Å². The van der Waals surface area contributed by atoms with Crippen LogP contribution in [0, 0.1) is 5.41 Å². The minimum absolute atomic E-state index is 0.318. The molecule has 3 N–H and O–H groups in total. The minimum atomic E-state index is -0.318. The molecular weight excluding hydrogens is 218 g/mol. The Morgan fingerprint density at radius 2 is 2.41 bits per heavy atom. The lowest BCUT2D eigenvalue weighted by atomic mass is 9.93. The van der Waals surface area contributed by atoms with Crippen LogP contribution in [0.4, 0.5) is 0 Å². The van der Waals surface area contributed by atoms with Crippen molar-refractivity contribution in [3.63, 3.8) is 0 Å². The lowest BCUT2D eigenvalue weighted by Crippen LogP contribution is -2.29. The van der Waals surface area contributed by atoms with Crippen molar-refractivity contribution >= 4 is 5.91 Å². The zero-order valence-corrected chi connectivity index (χ0v) is 10.3. The van der Waals surface area contributed by atoms with Gasteiger partial charge in [0, 0.05) is 6.54 Å². The Labute approximate surface area is 101 Å². The molecule has 1 aliphatic heterocycles. The Morgan fingerprint density at radius 3 is 3.00 bits per heavy atom. The van der Waals surface area contributed by atoms with Crippen molar-refractivity contribution in [3.8, 4) is 0 Å². The molecule has 0 bridgehead atoms. The summed E-state index contributed by atoms with van der Waals surface area (Å²) in [5, 5.41) is 0. The van der Waals surface area contributed by atoms with E-state index in [9.17, 15) is 4.79 Å². The van der Waals surface area contributed by atoms with Crippen molar-refractivity contribution in [1.82, 2.24) is 10.3 Å². The summed E-state index contributed by atoms with van der Waals surface area (Å²) in [6.45, 7) is 7.42. The first kappa shape index (κ1) is 12.1. The maximum Gasteiger partial charge on any atom is 0.268 e. The van der Waals surface area contributed by atoms with Crippen LogP contribution in [-0.4, -0.2) is 23.9 Å². The third-order valence-electron chi connectivity index (χ3n) is 3.18. The molecule has 0 aliphatic carbocycles. The summed E-state index contributed by atoms with van der Waals surface area (Å²) in [6, 6.07) is 1.74. The molecule has 2 heterocycles. The van der Waals surface area contributed by atoms with E-state index in [0.29, 0.717) is 11.0 Å². The summed E-state index contributed by atoms with van der Waals surface area (Å²) in [5.41, 5.74) is 2.94. The van der Waals surface area contributed by atoms with E-state index < -0.39 is 0 Å². The van der Waals surface area contributed by atoms with E-state index in [1.54, 1.807) is 6.07 Å². The third-order valence-corrected chi connectivity index (χ3v) is 3.18. The predicted molar refractivity (Wildman–Crippen MR) is 64.0 cm³/mol. The van der Waals surface area contributed by atoms with E-state index in [1.807, 2.05) is 0 Å². The molecule has 5 heteroatoms. The average Bonchev–Trinajstić information content (AvgIpc) is 2.85. The van der Waals surface area contributed by atoms with Gasteiger partial charge in [-0.3, -0.25) is 15.1 Å². The molecule has 1 saturated heterocycles. The molecule has 5 nitrogen and oxygen atoms in total. The zero-order valence-electron chi connectivity index (χ0n) is 10.3. The van der Waals surface area contributed by atoms with Gasteiger partial charge in [-0.25, -0.2) is 5.84 Å². The quantitative estimate of drug-likeness (QED) is 0.469. The van der Waals surface area contributed by atoms with Gasteiger partial charge in [-0.15, -0.1) is 0 Å². The van der Waals surface area contributed by atoms with Crippen LogP contribution >= 0.6 is 0 Å². The molecule has 0 spiro atoms. The van der Waals surface area contributed by atoms with E-state index in [1.165, 1.54) is 12.7 Å². The minimum Gasteiger partial charge on any atom is -0.467 e. The first-order valence-electron chi connectivity index (χ1n) is 5.81. The Morgan fingerprint density at radius 1 is 1.65 bits per heavy atom. The molecule has 0 radical (unpaired) electrons. The van der Waals surface area contributed by atoms with E-state index in [2.05, 4.69) is 24.2 Å². The number of hydrogen-bond acceptors (Lipinski definition) is 4. The molecule has 0 atom stereocenters. The number of rotatable bonds is 3. The summed E-state index contributed by atoms with van der Waals surface area (Å²) >= 11 is 0. The Hall–Kier alpha value is -1.33. The van der Waals surface area contributed by atoms with Crippen molar-refractivity contribution in [2.75, 3.05) is 13.1 Å². The van der Waals surface area contributed by atoms with Crippen LogP contribution in [0.5, 0.6) is 0 Å². The fourth-order valence-electron chi connectivity index (χ4n) is 2.25. The molecule has 17 heavy (non-hydrogen) atoms. The number of hydrazine groups is 1. The second kappa shape index (κ2) is 4.50. The van der Waals surface area contributed by atoms with Crippen molar-refractivity contribution in [2.24, 2.45) is 11.3 Å². The molecule has 94 valence electrons. The van der Waals surface area contributed by atoms with Gasteiger partial charge in [0.25, 0.3) is 5.91 Å². The van der Waals surface area contributed by atoms with Gasteiger partial charge in [0.05, 0.1) is 12.1 Å². The molecule has 0 saturated carbocycles. The predicted octanol–water partition coefficient (Wildman–Crippen LogP) is 1.11. The van der Waals surface area contributed by atoms with Gasteiger partial charge in [-0.05, 0) is 24.4 Å². The zero-order chi connectivity index (χ0) is 12.5. The van der Waals surface area contributed by atoms with Crippen molar-refractivity contribution < 1.29 is 9.21 Å². The number of nitrogens with zero attached hydrogens (tertiary/aromatic N) is 1. The molecule has 2 rings (SSSR count). The highest BCUT2D eigenvalue weighted by atomic mass is 16.3. The lowest BCUT2D eigenvalue weighted by Gasteiger charge is -2.18. The highest BCUT2D eigenvalue weighted by molar-refractivity contribution is 5.93. The maximum atomic E-state index is 11.3. The number of nitrogens with two attached hydrogens (primary N) is 1. The number of furan rings is 1. The highest BCUT2D eigenvalue weighted by Gasteiger charge is 2.29. The van der Waals surface area contributed by atoms with Gasteiger partial charge in [-0.2, -0.15) is 0 Å². The summed E-state index contributed by atoms with van der Waals surface area (Å²) in [7, 11) is 0. The summed E-state index contributed by atoms with van der Waals surface area (Å²) in [6.07, 6.45) is 2.64. The lowest BCUT2D eigenvalue weighted by molar-refractivity contribution is 0.0953. The second-order valence-corrected chi connectivity index (χ2v) is 5.40. The van der Waals surface area contributed by atoms with Crippen LogP contribution in [0.15, 0.2) is 16.7 Å². The molecule has 1 aromatic rings. The Bertz CT molecular complexity index is 412. The normalized spacial score (nSPS) is 19.5. The summed E-state index contributed by atoms with van der Waals surface area (Å²) in [5.74, 6) is 5.55. The number of amides is 1. The summed E-state index contributed by atoms with van der Waals surface area (Å²) in [4.78, 5) is 13.6. The highest BCUT2D eigenvalue weighted by Crippen LogP contribution is 2.29. The van der Waals surface area contributed by atoms with Crippen molar-refractivity contribution in [3.05, 3.63) is 23.7 Å². The Kier molecular flexibility index (Phi) is 3.22. The maximum absolute atomic E-state index is 11.3. The van der Waals surface area contributed by atoms with Gasteiger partial charge < -0.3 is 4.42 Å². The second-order valence-electron chi connectivity index (χ2n) is 5.40. The van der Waals surface area contributed by atoms with E-state index in [0.717, 1.165) is 25.4 Å². The fraction of sp³-hybridized carbons (Fsp3) is 0.583. The number of nitrogen functional groups attached to an aromatic ring is 1. The van der Waals surface area contributed by atoms with Gasteiger partial charge >= 0.3 is 0 Å². The monoisotopic (exact) mass is 237 g/mol. The number of carbonyl (C=O) groups excluding carboxylic acids is 1. The molecular formula is C12H19N3O2. The van der Waals surface area contributed by atoms with Crippen LogP contribution in [0.25, 0.3) is 0 Å². The van der Waals surface area contributed by atoms with Crippen molar-refractivity contribution in [2.45, 2.75) is 26.8 Å². The topological polar surface area (TPSA) is 71.5 Å². The van der Waals surface area contributed by atoms with Crippen LogP contribution in [-0.2, 0) is 6.54 Å². The number of likely N-dealkylation sites (tertiary alicyclic amines) is 1. The van der Waals surface area contributed by atoms with Gasteiger partial charge in [0.1, 0.15) is 12.0 Å². The molecule has 0 aromatic carbocycles. The average molecular weight is 237 g/mol. The standard InChI is InChI=1S/C12H19N3O2/c1-12(2)3-4-15(8-12)6-10-5-9(7-17-10)11(16)14-13/h5,7H,3-4,6,8,13H2,1-2H3,(H,14,16). The SMILES string of the molecule is CC1(C)CCN(Cc2cc(C(=O)NN)co2)C1. The molecule has 1 fully saturated rings. The summed E-state index contributed by atoms with van der Waals surface area (Å²) < 4.78 is 5.36. The van der Waals surface area contributed by atoms with E-state index in [-0.39, 0.29) is 5.91 Å². The van der Waals surface area contributed by atoms with Gasteiger partial charge in [0.2, 0.25) is 0 Å². The van der Waals surface area contributed by atoms with Crippen molar-refractivity contribution in [1.29, 1.82) is 0 Å². The molecule has 1 amide bonds. The number of carbonyl (C=O) groups is 1. The van der Waals surface area contributed by atoms with Gasteiger partial charge in [-0.1, -0.05) is 13.8 Å². The molecule has 0 unspecified atom stereocenters. The number of hydrogen-bond donors (Lipinski definition) is 2. The third kappa shape index (κ3) is 2.87. The van der Waals surface area contributed by atoms with Gasteiger partial charge in [0.15, 0.2) is 0 Å². The first-order valence-corrected chi connectivity index (χ1v) is 5.81. The largest absolute Gasteiger partial charge is 0.467 e. The van der Waals surface area contributed by atoms with Crippen LogP contribution in [0.2, 0.25) is 0 Å². The molecule has 1 aliphatic rings. The van der Waals surface area contributed by atoms with Crippen LogP contribution in [0.1, 0.15) is 36.4 Å². The molecule has 1 aromatic heterocycles. The smallest absolute Gasteiger partial charge is 0.268 e. The van der Waals surface area contributed by atoms with E-state index in [4.69, 9.17) is 10.3 Å². The fourth-order valence-corrected chi connectivity index (χ4v) is 2.25. The van der Waals surface area contributed by atoms with Crippen LogP contribution in [0.3, 0.4) is 0 Å². The first-order chi connectivity index (χ1) is 8.00. The van der Waals surface area contributed by atoms with E-state index >= 15 is 0 Å².